The summed E-state index contributed by atoms with van der Waals surface area (Å²) in [7, 11) is -3.77. The van der Waals surface area contributed by atoms with E-state index in [-0.39, 0.29) is 21.8 Å². The maximum Gasteiger partial charge on any atom is 0.246 e. The molecule has 0 saturated carbocycles. The van der Waals surface area contributed by atoms with Crippen molar-refractivity contribution >= 4 is 33.0 Å². The van der Waals surface area contributed by atoms with Gasteiger partial charge in [-0.2, -0.15) is 4.31 Å². The molecule has 26 heavy (non-hydrogen) atoms. The molecule has 3 heterocycles. The topological polar surface area (TPSA) is 107 Å². The van der Waals surface area contributed by atoms with Crippen molar-refractivity contribution in [2.45, 2.75) is 37.6 Å². The number of nitrogen functional groups attached to an aromatic ring is 1. The van der Waals surface area contributed by atoms with E-state index in [1.165, 1.54) is 16.6 Å². The van der Waals surface area contributed by atoms with Crippen LogP contribution < -0.4 is 5.73 Å². The quantitative estimate of drug-likeness (QED) is 0.849. The molecule has 2 N–H and O–H groups in total. The highest BCUT2D eigenvalue weighted by atomic mass is 35.5. The maximum absolute atomic E-state index is 12.9. The molecule has 140 valence electrons. The summed E-state index contributed by atoms with van der Waals surface area (Å²) in [6, 6.07) is 1.56. The molecule has 0 spiro atoms. The predicted octanol–water partition coefficient (Wildman–Crippen LogP) is 2.36. The van der Waals surface area contributed by atoms with Gasteiger partial charge in [0.25, 0.3) is 0 Å². The summed E-state index contributed by atoms with van der Waals surface area (Å²) >= 11 is 5.90. The van der Waals surface area contributed by atoms with E-state index in [1.54, 1.807) is 4.68 Å². The van der Waals surface area contributed by atoms with Crippen LogP contribution in [0.25, 0.3) is 5.57 Å². The van der Waals surface area contributed by atoms with Crippen molar-refractivity contribution in [1.29, 1.82) is 0 Å². The molecule has 2 aromatic rings. The predicted molar refractivity (Wildman–Crippen MR) is 100 cm³/mol. The molecule has 0 aromatic carbocycles. The van der Waals surface area contributed by atoms with Gasteiger partial charge in [-0.05, 0) is 38.3 Å². The van der Waals surface area contributed by atoms with Gasteiger partial charge in [0, 0.05) is 25.3 Å². The summed E-state index contributed by atoms with van der Waals surface area (Å²) in [6.07, 6.45) is 6.36. The van der Waals surface area contributed by atoms with E-state index in [2.05, 4.69) is 15.3 Å². The minimum Gasteiger partial charge on any atom is -0.383 e. The minimum atomic E-state index is -3.77. The van der Waals surface area contributed by atoms with Crippen LogP contribution in [0.1, 0.15) is 38.4 Å². The fraction of sp³-hybridized carbons (Fsp3) is 0.438. The van der Waals surface area contributed by atoms with Crippen LogP contribution in [0.4, 0.5) is 5.82 Å². The number of sulfonamides is 1. The van der Waals surface area contributed by atoms with E-state index < -0.39 is 10.0 Å². The molecule has 10 heteroatoms. The van der Waals surface area contributed by atoms with Crippen molar-refractivity contribution in [3.8, 4) is 0 Å². The average molecular weight is 397 g/mol. The fourth-order valence-corrected chi connectivity index (χ4v) is 4.54. The second-order valence-corrected chi connectivity index (χ2v) is 8.73. The van der Waals surface area contributed by atoms with Crippen LogP contribution in [-0.4, -0.2) is 45.8 Å². The van der Waals surface area contributed by atoms with Gasteiger partial charge in [-0.3, -0.25) is 0 Å². The van der Waals surface area contributed by atoms with Crippen molar-refractivity contribution in [2.24, 2.45) is 0 Å². The number of hydrogen-bond donors (Lipinski definition) is 1. The number of pyridine rings is 1. The number of nitrogens with zero attached hydrogens (tertiary/aromatic N) is 5. The van der Waals surface area contributed by atoms with E-state index in [4.69, 9.17) is 17.3 Å². The molecule has 0 aliphatic carbocycles. The Balaban J connectivity index is 1.80. The summed E-state index contributed by atoms with van der Waals surface area (Å²) in [6.45, 7) is 4.74. The molecular formula is C16H21ClN6O2S. The zero-order chi connectivity index (χ0) is 18.9. The van der Waals surface area contributed by atoms with Crippen LogP contribution in [-0.2, 0) is 10.0 Å². The molecule has 0 amide bonds. The second kappa shape index (κ2) is 7.34. The zero-order valence-electron chi connectivity index (χ0n) is 14.6. The number of hydrogen-bond acceptors (Lipinski definition) is 6. The molecule has 0 atom stereocenters. The molecule has 8 nitrogen and oxygen atoms in total. The largest absolute Gasteiger partial charge is 0.383 e. The third-order valence-corrected chi connectivity index (χ3v) is 6.37. The minimum absolute atomic E-state index is 0.0493. The van der Waals surface area contributed by atoms with Crippen molar-refractivity contribution in [3.05, 3.63) is 35.3 Å². The summed E-state index contributed by atoms with van der Waals surface area (Å²) in [5.41, 5.74) is 7.53. The van der Waals surface area contributed by atoms with Crippen molar-refractivity contribution < 1.29 is 8.42 Å². The lowest BCUT2D eigenvalue weighted by Crippen LogP contribution is -2.32. The average Bonchev–Trinajstić information content (AvgIpc) is 2.95. The molecule has 0 unspecified atom stereocenters. The van der Waals surface area contributed by atoms with Crippen LogP contribution in [0.5, 0.6) is 0 Å². The Labute approximate surface area is 157 Å². The van der Waals surface area contributed by atoms with Gasteiger partial charge < -0.3 is 5.73 Å². The molecule has 0 fully saturated rings. The summed E-state index contributed by atoms with van der Waals surface area (Å²) in [5.74, 6) is -0.0493. The molecule has 1 aliphatic rings. The number of nitrogens with two attached hydrogens (primary N) is 1. The van der Waals surface area contributed by atoms with Gasteiger partial charge in [0.15, 0.2) is 0 Å². The Morgan fingerprint density at radius 1 is 1.31 bits per heavy atom. The SMILES string of the molecule is CC(C)n1cc(C2=CCCN(S(=O)(=O)c3cc(Cl)cnc3N)CC2)nn1. The van der Waals surface area contributed by atoms with Gasteiger partial charge in [-0.25, -0.2) is 18.1 Å². The highest BCUT2D eigenvalue weighted by Gasteiger charge is 2.28. The first kappa shape index (κ1) is 18.8. The van der Waals surface area contributed by atoms with E-state index in [1.807, 2.05) is 26.1 Å². The summed E-state index contributed by atoms with van der Waals surface area (Å²) in [4.78, 5) is 3.79. The van der Waals surface area contributed by atoms with Gasteiger partial charge >= 0.3 is 0 Å². The van der Waals surface area contributed by atoms with Crippen LogP contribution in [0.15, 0.2) is 29.4 Å². The lowest BCUT2D eigenvalue weighted by Gasteiger charge is -2.20. The Morgan fingerprint density at radius 3 is 2.77 bits per heavy atom. The smallest absolute Gasteiger partial charge is 0.246 e. The number of halogens is 1. The van der Waals surface area contributed by atoms with Gasteiger partial charge in [0.1, 0.15) is 16.4 Å². The van der Waals surface area contributed by atoms with E-state index in [9.17, 15) is 8.42 Å². The Morgan fingerprint density at radius 2 is 2.08 bits per heavy atom. The molecule has 1 aliphatic heterocycles. The Kier molecular flexibility index (Phi) is 5.31. The van der Waals surface area contributed by atoms with Gasteiger partial charge in [-0.15, -0.1) is 5.10 Å². The van der Waals surface area contributed by atoms with E-state index in [0.29, 0.717) is 25.9 Å². The van der Waals surface area contributed by atoms with Crippen LogP contribution in [0, 0.1) is 0 Å². The Bertz CT molecular complexity index is 938. The molecule has 2 aromatic heterocycles. The fourth-order valence-electron chi connectivity index (χ4n) is 2.77. The lowest BCUT2D eigenvalue weighted by atomic mass is 10.1. The van der Waals surface area contributed by atoms with E-state index in [0.717, 1.165) is 11.3 Å². The van der Waals surface area contributed by atoms with Crippen LogP contribution in [0.3, 0.4) is 0 Å². The standard InChI is InChI=1S/C16H21ClN6O2S/c1-11(2)23-10-14(20-21-23)12-4-3-6-22(7-5-12)26(24,25)15-8-13(17)9-19-16(15)18/h4,8-11H,3,5-7H2,1-2H3,(H2,18,19). The molecule has 0 saturated heterocycles. The van der Waals surface area contributed by atoms with Crippen molar-refractivity contribution in [2.75, 3.05) is 18.8 Å². The second-order valence-electron chi connectivity index (χ2n) is 6.39. The lowest BCUT2D eigenvalue weighted by molar-refractivity contribution is 0.429. The number of anilines is 1. The van der Waals surface area contributed by atoms with Gasteiger partial charge in [-0.1, -0.05) is 22.9 Å². The van der Waals surface area contributed by atoms with Crippen molar-refractivity contribution in [3.63, 3.8) is 0 Å². The highest BCUT2D eigenvalue weighted by molar-refractivity contribution is 7.89. The first-order valence-electron chi connectivity index (χ1n) is 8.31. The first-order valence-corrected chi connectivity index (χ1v) is 10.1. The highest BCUT2D eigenvalue weighted by Crippen LogP contribution is 2.28. The third kappa shape index (κ3) is 3.74. The van der Waals surface area contributed by atoms with Crippen LogP contribution in [0.2, 0.25) is 5.02 Å². The van der Waals surface area contributed by atoms with Crippen molar-refractivity contribution in [1.82, 2.24) is 24.3 Å². The maximum atomic E-state index is 12.9. The monoisotopic (exact) mass is 396 g/mol. The van der Waals surface area contributed by atoms with Crippen LogP contribution >= 0.6 is 11.6 Å². The molecule has 0 radical (unpaired) electrons. The summed E-state index contributed by atoms with van der Waals surface area (Å²) in [5, 5.41) is 8.55. The normalized spacial score (nSPS) is 16.5. The molecule has 3 rings (SSSR count). The molecular weight excluding hydrogens is 376 g/mol. The van der Waals surface area contributed by atoms with Gasteiger partial charge in [0.05, 0.1) is 11.2 Å². The number of rotatable bonds is 4. The zero-order valence-corrected chi connectivity index (χ0v) is 16.2. The van der Waals surface area contributed by atoms with E-state index >= 15 is 0 Å². The number of aromatic nitrogens is 4. The Hall–Kier alpha value is -1.97. The third-order valence-electron chi connectivity index (χ3n) is 4.23. The first-order chi connectivity index (χ1) is 12.3. The molecule has 0 bridgehead atoms. The van der Waals surface area contributed by atoms with Gasteiger partial charge in [0.2, 0.25) is 10.0 Å². The summed E-state index contributed by atoms with van der Waals surface area (Å²) < 4.78 is 29.1.